The first kappa shape index (κ1) is 14.1. The van der Waals surface area contributed by atoms with E-state index in [0.717, 1.165) is 0 Å². The summed E-state index contributed by atoms with van der Waals surface area (Å²) in [6, 6.07) is 4.59. The third-order valence-corrected chi connectivity index (χ3v) is 2.37. The quantitative estimate of drug-likeness (QED) is 0.658. The molecule has 7 heteroatoms. The molecule has 2 N–H and O–H groups in total. The predicted molar refractivity (Wildman–Crippen MR) is 56.5 cm³/mol. The minimum Gasteiger partial charge on any atom is -0.398 e. The van der Waals surface area contributed by atoms with Crippen molar-refractivity contribution >= 4 is 17.3 Å². The molecule has 0 heterocycles. The number of ether oxygens (including phenoxy) is 1. The maximum atomic E-state index is 12.5. The van der Waals surface area contributed by atoms with Crippen LogP contribution in [0.2, 0.25) is 5.02 Å². The molecule has 0 atom stereocenters. The van der Waals surface area contributed by atoms with Crippen LogP contribution in [0.15, 0.2) is 18.2 Å². The summed E-state index contributed by atoms with van der Waals surface area (Å²) in [4.78, 5) is 0. The van der Waals surface area contributed by atoms with Crippen LogP contribution < -0.4 is 5.73 Å². The Kier molecular flexibility index (Phi) is 4.59. The number of halogens is 5. The lowest BCUT2D eigenvalue weighted by atomic mass is 10.2. The predicted octanol–water partition coefficient (Wildman–Crippen LogP) is 3.34. The maximum absolute atomic E-state index is 12.5. The molecule has 0 unspecified atom stereocenters. The highest BCUT2D eigenvalue weighted by Crippen LogP contribution is 2.26. The highest BCUT2D eigenvalue weighted by atomic mass is 35.5. The van der Waals surface area contributed by atoms with Gasteiger partial charge in [-0.1, -0.05) is 17.7 Å². The van der Waals surface area contributed by atoms with Crippen LogP contribution >= 0.6 is 11.6 Å². The first-order valence-electron chi connectivity index (χ1n) is 4.61. The van der Waals surface area contributed by atoms with Crippen LogP contribution in [0.1, 0.15) is 5.56 Å². The van der Waals surface area contributed by atoms with Gasteiger partial charge in [0, 0.05) is 16.3 Å². The minimum atomic E-state index is -4.17. The molecule has 1 aromatic rings. The SMILES string of the molecule is Nc1cccc(Cl)c1COCC(F)(F)C(F)F. The molecule has 1 aromatic carbocycles. The minimum absolute atomic E-state index is 0.241. The van der Waals surface area contributed by atoms with Crippen molar-refractivity contribution in [2.45, 2.75) is 19.0 Å². The molecule has 96 valence electrons. The highest BCUT2D eigenvalue weighted by molar-refractivity contribution is 6.31. The van der Waals surface area contributed by atoms with E-state index in [0.29, 0.717) is 5.56 Å². The summed E-state index contributed by atoms with van der Waals surface area (Å²) in [5.41, 5.74) is 6.10. The molecule has 0 bridgehead atoms. The van der Waals surface area contributed by atoms with Crippen LogP contribution in [0.3, 0.4) is 0 Å². The zero-order valence-electron chi connectivity index (χ0n) is 8.60. The molecule has 0 aliphatic heterocycles. The monoisotopic (exact) mass is 271 g/mol. The zero-order chi connectivity index (χ0) is 13.1. The van der Waals surface area contributed by atoms with Gasteiger partial charge in [0.2, 0.25) is 0 Å². The number of anilines is 1. The van der Waals surface area contributed by atoms with E-state index in [-0.39, 0.29) is 17.3 Å². The number of hydrogen-bond acceptors (Lipinski definition) is 2. The van der Waals surface area contributed by atoms with Gasteiger partial charge in [-0.25, -0.2) is 8.78 Å². The topological polar surface area (TPSA) is 35.2 Å². The molecule has 0 saturated carbocycles. The molecule has 2 nitrogen and oxygen atoms in total. The molecule has 0 spiro atoms. The van der Waals surface area contributed by atoms with Crippen LogP contribution in [-0.4, -0.2) is 19.0 Å². The summed E-state index contributed by atoms with van der Waals surface area (Å²) in [6.07, 6.45) is -3.76. The Bertz CT molecular complexity index is 366. The fourth-order valence-electron chi connectivity index (χ4n) is 1.08. The Morgan fingerprint density at radius 3 is 2.53 bits per heavy atom. The van der Waals surface area contributed by atoms with Crippen molar-refractivity contribution in [1.29, 1.82) is 0 Å². The van der Waals surface area contributed by atoms with Crippen molar-refractivity contribution in [3.05, 3.63) is 28.8 Å². The number of alkyl halides is 4. The van der Waals surface area contributed by atoms with Crippen molar-refractivity contribution in [2.75, 3.05) is 12.3 Å². The van der Waals surface area contributed by atoms with Gasteiger partial charge in [-0.3, -0.25) is 0 Å². The molecule has 0 aliphatic carbocycles. The van der Waals surface area contributed by atoms with Crippen LogP contribution in [0.4, 0.5) is 23.2 Å². The molecule has 0 saturated heterocycles. The Labute approximate surface area is 100 Å². The van der Waals surface area contributed by atoms with Crippen molar-refractivity contribution < 1.29 is 22.3 Å². The average molecular weight is 272 g/mol. The van der Waals surface area contributed by atoms with Gasteiger partial charge in [0.25, 0.3) is 0 Å². The Hall–Kier alpha value is -1.01. The summed E-state index contributed by atoms with van der Waals surface area (Å²) >= 11 is 5.75. The fraction of sp³-hybridized carbons (Fsp3) is 0.400. The van der Waals surface area contributed by atoms with E-state index in [2.05, 4.69) is 4.74 Å². The summed E-state index contributed by atoms with van der Waals surface area (Å²) in [7, 11) is 0. The Balaban J connectivity index is 2.57. The van der Waals surface area contributed by atoms with Crippen molar-refractivity contribution in [3.63, 3.8) is 0 Å². The van der Waals surface area contributed by atoms with Crippen molar-refractivity contribution in [2.24, 2.45) is 0 Å². The molecule has 0 amide bonds. The third kappa shape index (κ3) is 3.74. The molecular weight excluding hydrogens is 262 g/mol. The number of nitrogen functional groups attached to an aromatic ring is 1. The molecular formula is C10H10ClF4NO. The second-order valence-electron chi connectivity index (χ2n) is 3.36. The van der Waals surface area contributed by atoms with E-state index in [1.807, 2.05) is 0 Å². The largest absolute Gasteiger partial charge is 0.398 e. The van der Waals surface area contributed by atoms with Gasteiger partial charge in [0.15, 0.2) is 0 Å². The van der Waals surface area contributed by atoms with E-state index in [1.165, 1.54) is 12.1 Å². The standard InChI is InChI=1S/C10H10ClF4NO/c11-7-2-1-3-8(16)6(7)4-17-5-10(14,15)9(12)13/h1-3,9H,4-5,16H2. The smallest absolute Gasteiger partial charge is 0.330 e. The number of benzene rings is 1. The number of nitrogens with two attached hydrogens (primary N) is 1. The van der Waals surface area contributed by atoms with Gasteiger partial charge < -0.3 is 10.5 Å². The van der Waals surface area contributed by atoms with Gasteiger partial charge in [-0.2, -0.15) is 8.78 Å². The van der Waals surface area contributed by atoms with Gasteiger partial charge in [-0.15, -0.1) is 0 Å². The second-order valence-corrected chi connectivity index (χ2v) is 3.77. The van der Waals surface area contributed by atoms with Crippen LogP contribution in [0.5, 0.6) is 0 Å². The second kappa shape index (κ2) is 5.55. The van der Waals surface area contributed by atoms with Gasteiger partial charge in [0.05, 0.1) is 6.61 Å². The average Bonchev–Trinajstić information content (AvgIpc) is 2.22. The third-order valence-electron chi connectivity index (χ3n) is 2.02. The number of hydrogen-bond donors (Lipinski definition) is 1. The molecule has 0 radical (unpaired) electrons. The molecule has 0 aromatic heterocycles. The van der Waals surface area contributed by atoms with E-state index >= 15 is 0 Å². The lowest BCUT2D eigenvalue weighted by Gasteiger charge is -2.16. The summed E-state index contributed by atoms with van der Waals surface area (Å²) in [6.45, 7) is -1.72. The molecule has 0 fully saturated rings. The van der Waals surface area contributed by atoms with Crippen molar-refractivity contribution in [1.82, 2.24) is 0 Å². The molecule has 1 rings (SSSR count). The van der Waals surface area contributed by atoms with Gasteiger partial charge in [0.1, 0.15) is 6.61 Å². The summed E-state index contributed by atoms with van der Waals surface area (Å²) in [5, 5.41) is 0.241. The van der Waals surface area contributed by atoms with E-state index in [9.17, 15) is 17.6 Å². The van der Waals surface area contributed by atoms with Crippen LogP contribution in [0.25, 0.3) is 0 Å². The molecule has 17 heavy (non-hydrogen) atoms. The van der Waals surface area contributed by atoms with Crippen LogP contribution in [-0.2, 0) is 11.3 Å². The number of rotatable bonds is 5. The summed E-state index contributed by atoms with van der Waals surface area (Å²) < 4.78 is 53.2. The van der Waals surface area contributed by atoms with E-state index < -0.39 is 19.0 Å². The van der Waals surface area contributed by atoms with E-state index in [1.54, 1.807) is 6.07 Å². The van der Waals surface area contributed by atoms with Crippen molar-refractivity contribution in [3.8, 4) is 0 Å². The normalized spacial score (nSPS) is 12.1. The zero-order valence-corrected chi connectivity index (χ0v) is 9.35. The van der Waals surface area contributed by atoms with Gasteiger partial charge in [-0.05, 0) is 12.1 Å². The van der Waals surface area contributed by atoms with Crippen LogP contribution in [0, 0.1) is 0 Å². The first-order valence-corrected chi connectivity index (χ1v) is 4.99. The highest BCUT2D eigenvalue weighted by Gasteiger charge is 2.40. The van der Waals surface area contributed by atoms with E-state index in [4.69, 9.17) is 17.3 Å². The summed E-state index contributed by atoms with van der Waals surface area (Å²) in [5.74, 6) is -4.17. The lowest BCUT2D eigenvalue weighted by Crippen LogP contribution is -2.32. The lowest BCUT2D eigenvalue weighted by molar-refractivity contribution is -0.168. The fourth-order valence-corrected chi connectivity index (χ4v) is 1.32. The Morgan fingerprint density at radius 2 is 2.00 bits per heavy atom. The maximum Gasteiger partial charge on any atom is 0.330 e. The Morgan fingerprint density at radius 1 is 1.35 bits per heavy atom. The first-order chi connectivity index (χ1) is 7.84. The molecule has 0 aliphatic rings. The van der Waals surface area contributed by atoms with Gasteiger partial charge >= 0.3 is 12.3 Å².